The minimum atomic E-state index is -0.137. The molecule has 3 aromatic rings. The van der Waals surface area contributed by atoms with Crippen molar-refractivity contribution in [3.63, 3.8) is 0 Å². The van der Waals surface area contributed by atoms with Crippen LogP contribution in [0.3, 0.4) is 0 Å². The van der Waals surface area contributed by atoms with Crippen LogP contribution in [-0.4, -0.2) is 14.7 Å². The maximum atomic E-state index is 11.8. The molecule has 0 amide bonds. The number of aryl methyl sites for hydroxylation is 2. The average molecular weight is 335 g/mol. The zero-order valence-corrected chi connectivity index (χ0v) is 14.1. The van der Waals surface area contributed by atoms with Crippen LogP contribution in [0.1, 0.15) is 16.8 Å². The first-order chi connectivity index (χ1) is 12.1. The number of benzene rings is 2. The first-order valence-corrected chi connectivity index (χ1v) is 8.18. The second-order valence-corrected chi connectivity index (χ2v) is 6.06. The number of nitrogens with two attached hydrogens (primary N) is 1. The van der Waals surface area contributed by atoms with Crippen molar-refractivity contribution in [2.24, 2.45) is 7.05 Å². The minimum absolute atomic E-state index is 0.0403. The number of nitrogen functional groups attached to an aromatic ring is 1. The van der Waals surface area contributed by atoms with E-state index in [0.29, 0.717) is 12.1 Å². The van der Waals surface area contributed by atoms with Crippen molar-refractivity contribution in [2.75, 3.05) is 5.73 Å². The van der Waals surface area contributed by atoms with Gasteiger partial charge in [0.15, 0.2) is 0 Å². The molecule has 0 aliphatic carbocycles. The molecule has 0 aliphatic heterocycles. The molecule has 0 radical (unpaired) electrons. The fourth-order valence-electron chi connectivity index (χ4n) is 2.72. The lowest BCUT2D eigenvalue weighted by atomic mass is 10.0. The summed E-state index contributed by atoms with van der Waals surface area (Å²) in [7, 11) is 1.61. The number of hydrogen-bond donors (Lipinski definition) is 2. The Labute approximate surface area is 146 Å². The Kier molecular flexibility index (Phi) is 4.95. The number of aromatic nitrogens is 2. The highest BCUT2D eigenvalue weighted by Crippen LogP contribution is 2.21. The second kappa shape index (κ2) is 7.32. The van der Waals surface area contributed by atoms with E-state index in [1.807, 2.05) is 24.3 Å². The highest BCUT2D eigenvalue weighted by Gasteiger charge is 2.04. The van der Waals surface area contributed by atoms with E-state index in [-0.39, 0.29) is 18.1 Å². The molecule has 25 heavy (non-hydrogen) atoms. The van der Waals surface area contributed by atoms with Gasteiger partial charge in [0.05, 0.1) is 12.3 Å². The maximum Gasteiger partial charge on any atom is 0.254 e. The first-order valence-electron chi connectivity index (χ1n) is 8.18. The Morgan fingerprint density at radius 2 is 1.76 bits per heavy atom. The Morgan fingerprint density at radius 3 is 2.44 bits per heavy atom. The molecule has 3 N–H and O–H groups in total. The molecule has 0 aliphatic rings. The van der Waals surface area contributed by atoms with E-state index in [9.17, 15) is 9.90 Å². The summed E-state index contributed by atoms with van der Waals surface area (Å²) >= 11 is 0. The van der Waals surface area contributed by atoms with Crippen molar-refractivity contribution in [3.05, 3.63) is 81.8 Å². The van der Waals surface area contributed by atoms with Crippen molar-refractivity contribution >= 4 is 5.95 Å². The fraction of sp³-hybridized carbons (Fsp3) is 0.200. The van der Waals surface area contributed by atoms with E-state index in [1.54, 1.807) is 7.05 Å². The summed E-state index contributed by atoms with van der Waals surface area (Å²) in [6, 6.07) is 17.7. The number of aliphatic hydroxyl groups excluding tert-OH is 1. The van der Waals surface area contributed by atoms with Gasteiger partial charge in [-0.25, -0.2) is 4.98 Å². The maximum absolute atomic E-state index is 11.8. The van der Waals surface area contributed by atoms with Crippen molar-refractivity contribution in [2.45, 2.75) is 19.4 Å². The summed E-state index contributed by atoms with van der Waals surface area (Å²) in [5.74, 6) is 0.238. The molecule has 0 unspecified atom stereocenters. The van der Waals surface area contributed by atoms with Crippen LogP contribution in [0.4, 0.5) is 5.95 Å². The van der Waals surface area contributed by atoms with Gasteiger partial charge in [-0.15, -0.1) is 0 Å². The van der Waals surface area contributed by atoms with Crippen molar-refractivity contribution in [3.8, 4) is 11.1 Å². The third-order valence-corrected chi connectivity index (χ3v) is 4.29. The number of rotatable bonds is 5. The van der Waals surface area contributed by atoms with Crippen LogP contribution in [0.2, 0.25) is 0 Å². The van der Waals surface area contributed by atoms with Crippen molar-refractivity contribution < 1.29 is 5.11 Å². The van der Waals surface area contributed by atoms with Gasteiger partial charge in [0.2, 0.25) is 5.95 Å². The zero-order valence-electron chi connectivity index (χ0n) is 14.1. The lowest BCUT2D eigenvalue weighted by molar-refractivity contribution is 0.282. The Bertz CT molecular complexity index is 930. The van der Waals surface area contributed by atoms with E-state index >= 15 is 0 Å². The lowest BCUT2D eigenvalue weighted by Crippen LogP contribution is -2.21. The first kappa shape index (κ1) is 16.9. The van der Waals surface area contributed by atoms with Gasteiger partial charge in [0.1, 0.15) is 0 Å². The SMILES string of the molecule is Cn1c(N)nc(CCc2ccc(-c3cccc(CO)c3)cc2)cc1=O. The number of anilines is 1. The average Bonchev–Trinajstić information content (AvgIpc) is 2.64. The molecule has 0 saturated carbocycles. The van der Waals surface area contributed by atoms with E-state index in [4.69, 9.17) is 5.73 Å². The number of nitrogens with zero attached hydrogens (tertiary/aromatic N) is 2. The van der Waals surface area contributed by atoms with E-state index < -0.39 is 0 Å². The summed E-state index contributed by atoms with van der Waals surface area (Å²) in [4.78, 5) is 16.0. The molecule has 0 atom stereocenters. The molecule has 2 aromatic carbocycles. The molecule has 1 aromatic heterocycles. The van der Waals surface area contributed by atoms with Crippen molar-refractivity contribution in [1.82, 2.24) is 9.55 Å². The highest BCUT2D eigenvalue weighted by atomic mass is 16.3. The monoisotopic (exact) mass is 335 g/mol. The zero-order chi connectivity index (χ0) is 17.8. The quantitative estimate of drug-likeness (QED) is 0.750. The van der Waals surface area contributed by atoms with E-state index in [2.05, 4.69) is 29.2 Å². The lowest BCUT2D eigenvalue weighted by Gasteiger charge is -2.07. The Morgan fingerprint density at radius 1 is 1.00 bits per heavy atom. The largest absolute Gasteiger partial charge is 0.392 e. The van der Waals surface area contributed by atoms with Crippen LogP contribution in [0, 0.1) is 0 Å². The van der Waals surface area contributed by atoms with Gasteiger partial charge < -0.3 is 10.8 Å². The predicted octanol–water partition coefficient (Wildman–Crippen LogP) is 2.31. The van der Waals surface area contributed by atoms with Crippen LogP contribution in [-0.2, 0) is 26.5 Å². The van der Waals surface area contributed by atoms with Gasteiger partial charge in [0.25, 0.3) is 5.56 Å². The van der Waals surface area contributed by atoms with Crippen LogP contribution in [0.25, 0.3) is 11.1 Å². The molecule has 5 heteroatoms. The Balaban J connectivity index is 1.71. The van der Waals surface area contributed by atoms with Gasteiger partial charge in [-0.05, 0) is 41.2 Å². The van der Waals surface area contributed by atoms with Crippen LogP contribution in [0.5, 0.6) is 0 Å². The van der Waals surface area contributed by atoms with Gasteiger partial charge in [-0.3, -0.25) is 9.36 Å². The minimum Gasteiger partial charge on any atom is -0.392 e. The van der Waals surface area contributed by atoms with Gasteiger partial charge in [-0.2, -0.15) is 0 Å². The predicted molar refractivity (Wildman–Crippen MR) is 99.1 cm³/mol. The van der Waals surface area contributed by atoms with Gasteiger partial charge in [0, 0.05) is 13.1 Å². The third kappa shape index (κ3) is 3.95. The molecule has 0 saturated heterocycles. The molecule has 3 rings (SSSR count). The van der Waals surface area contributed by atoms with Crippen LogP contribution >= 0.6 is 0 Å². The smallest absolute Gasteiger partial charge is 0.254 e. The fourth-order valence-corrected chi connectivity index (χ4v) is 2.72. The molecule has 128 valence electrons. The van der Waals surface area contributed by atoms with Crippen LogP contribution in [0.15, 0.2) is 59.4 Å². The van der Waals surface area contributed by atoms with Gasteiger partial charge in [-0.1, -0.05) is 42.5 Å². The summed E-state index contributed by atoms with van der Waals surface area (Å²) in [5.41, 5.74) is 10.6. The molecule has 0 fully saturated rings. The van der Waals surface area contributed by atoms with Gasteiger partial charge >= 0.3 is 0 Å². The summed E-state index contributed by atoms with van der Waals surface area (Å²) in [5, 5.41) is 9.25. The highest BCUT2D eigenvalue weighted by molar-refractivity contribution is 5.64. The molecule has 1 heterocycles. The molecule has 0 bridgehead atoms. The van der Waals surface area contributed by atoms with Crippen LogP contribution < -0.4 is 11.3 Å². The second-order valence-electron chi connectivity index (χ2n) is 6.06. The number of aliphatic hydroxyl groups is 1. The molecule has 5 nitrogen and oxygen atoms in total. The third-order valence-electron chi connectivity index (χ3n) is 4.29. The topological polar surface area (TPSA) is 81.1 Å². The summed E-state index contributed by atoms with van der Waals surface area (Å²) < 4.78 is 1.33. The Hall–Kier alpha value is -2.92. The standard InChI is InChI=1S/C20H21N3O2/c1-23-19(25)12-18(22-20(23)21)10-7-14-5-8-16(9-6-14)17-4-2-3-15(11-17)13-24/h2-6,8-9,11-12,24H,7,10,13H2,1H3,(H2,21,22). The molecular weight excluding hydrogens is 314 g/mol. The molecular formula is C20H21N3O2. The number of hydrogen-bond acceptors (Lipinski definition) is 4. The summed E-state index contributed by atoms with van der Waals surface area (Å²) in [6.45, 7) is 0.0403. The molecule has 0 spiro atoms. The summed E-state index contributed by atoms with van der Waals surface area (Å²) in [6.07, 6.45) is 1.45. The van der Waals surface area contributed by atoms with Crippen molar-refractivity contribution in [1.29, 1.82) is 0 Å². The van der Waals surface area contributed by atoms with E-state index in [1.165, 1.54) is 16.2 Å². The normalized spacial score (nSPS) is 10.8. The van der Waals surface area contributed by atoms with E-state index in [0.717, 1.165) is 23.1 Å².